The summed E-state index contributed by atoms with van der Waals surface area (Å²) in [6.07, 6.45) is 0. The van der Waals surface area contributed by atoms with Crippen molar-refractivity contribution in [3.8, 4) is 0 Å². The van der Waals surface area contributed by atoms with Crippen LogP contribution >= 0.6 is 0 Å². The van der Waals surface area contributed by atoms with Gasteiger partial charge in [0.15, 0.2) is 17.4 Å². The molecule has 0 aliphatic heterocycles. The van der Waals surface area contributed by atoms with E-state index in [1.807, 2.05) is 0 Å². The first-order valence-electron chi connectivity index (χ1n) is 0. The molecule has 0 bridgehead atoms. The molecular weight excluding hydrogens is 155 g/mol. The molecule has 70 valence electrons. The van der Waals surface area contributed by atoms with Crippen LogP contribution in [-0.2, 0) is 0 Å². The van der Waals surface area contributed by atoms with E-state index in [9.17, 15) is 0 Å². The van der Waals surface area contributed by atoms with Crippen molar-refractivity contribution in [2.45, 2.75) is 0 Å². The Morgan fingerprint density at radius 2 is 0.222 bits per heavy atom. The predicted octanol–water partition coefficient (Wildman–Crippen LogP) is -7.78. The molecule has 0 saturated carbocycles. The van der Waals surface area contributed by atoms with Gasteiger partial charge in [-0.2, -0.15) is 0 Å². The van der Waals surface area contributed by atoms with Gasteiger partial charge in [0, 0.05) is 0 Å². The highest BCUT2D eigenvalue weighted by Crippen LogP contribution is -0.282. The van der Waals surface area contributed by atoms with Gasteiger partial charge >= 0.3 is 0 Å². The number of hydrogen-bond donors (Lipinski definition) is 0. The topological polar surface area (TPSA) is 252 Å². The van der Waals surface area contributed by atoms with Crippen molar-refractivity contribution in [1.29, 1.82) is 0 Å². The standard InChI is InChI=1S/Al.8H2O.3H/h;8*1H2;;;. The maximum Gasteiger partial charge on any atom is 0.187 e. The third-order valence-corrected chi connectivity index (χ3v) is 0. The molecule has 0 aliphatic carbocycles. The van der Waals surface area contributed by atoms with Gasteiger partial charge in [-0.3, -0.25) is 0 Å². The molecule has 0 unspecified atom stereocenters. The SMILES string of the molecule is O.O.O.O.O.O.O.O.[AlH3]. The fourth-order valence-electron chi connectivity index (χ4n) is 0. The summed E-state index contributed by atoms with van der Waals surface area (Å²) in [5, 5.41) is 0. The quantitative estimate of drug-likeness (QED) is 0.310. The lowest BCUT2D eigenvalue weighted by atomic mass is 16.0. The molecule has 9 heavy (non-hydrogen) atoms. The highest BCUT2D eigenvalue weighted by Gasteiger charge is 0.187. The molecule has 16 N–H and O–H groups in total. The van der Waals surface area contributed by atoms with Crippen LogP contribution in [0, 0.1) is 0 Å². The van der Waals surface area contributed by atoms with E-state index in [1.165, 1.54) is 0 Å². The summed E-state index contributed by atoms with van der Waals surface area (Å²) in [5.41, 5.74) is 0. The Balaban J connectivity index is 0. The lowest BCUT2D eigenvalue weighted by molar-refractivity contribution is 0.823. The fourth-order valence-corrected chi connectivity index (χ4v) is 0. The van der Waals surface area contributed by atoms with Crippen LogP contribution in [-0.4, -0.2) is 61.2 Å². The third kappa shape index (κ3) is 7020. The van der Waals surface area contributed by atoms with E-state index in [2.05, 4.69) is 0 Å². The minimum Gasteiger partial charge on any atom is -0.412 e. The van der Waals surface area contributed by atoms with Crippen LogP contribution in [0.2, 0.25) is 0 Å². The van der Waals surface area contributed by atoms with E-state index in [4.69, 9.17) is 0 Å². The second kappa shape index (κ2) is 9460. The van der Waals surface area contributed by atoms with Crippen LogP contribution in [0.1, 0.15) is 0 Å². The van der Waals surface area contributed by atoms with Crippen molar-refractivity contribution < 1.29 is 43.8 Å². The van der Waals surface area contributed by atoms with E-state index in [0.29, 0.717) is 0 Å². The van der Waals surface area contributed by atoms with E-state index in [-0.39, 0.29) is 61.2 Å². The predicted molar refractivity (Wildman–Crippen MR) is 38.8 cm³/mol. The molecule has 9 heteroatoms. The summed E-state index contributed by atoms with van der Waals surface area (Å²) in [5.74, 6) is 0. The minimum atomic E-state index is 0. The van der Waals surface area contributed by atoms with Gasteiger partial charge in [-0.1, -0.05) is 0 Å². The summed E-state index contributed by atoms with van der Waals surface area (Å²) in [6, 6.07) is 0. The van der Waals surface area contributed by atoms with E-state index in [0.717, 1.165) is 0 Å². The van der Waals surface area contributed by atoms with Crippen LogP contribution in [0.15, 0.2) is 0 Å². The molecule has 0 spiro atoms. The van der Waals surface area contributed by atoms with Crippen molar-refractivity contribution in [2.24, 2.45) is 0 Å². The molecule has 8 nitrogen and oxygen atoms in total. The molecule has 0 saturated heterocycles. The minimum absolute atomic E-state index is 0. The zero-order chi connectivity index (χ0) is 0. The first-order chi connectivity index (χ1) is 0. The molecule has 0 radical (unpaired) electrons. The highest BCUT2D eigenvalue weighted by molar-refractivity contribution is 5.75. The summed E-state index contributed by atoms with van der Waals surface area (Å²) in [7, 11) is 0. The molecule has 0 heterocycles. The number of rotatable bonds is 0. The zero-order valence-electron chi connectivity index (χ0n) is 4.00. The highest BCUT2D eigenvalue weighted by atomic mass is 27.0. The first-order valence-corrected chi connectivity index (χ1v) is 0. The van der Waals surface area contributed by atoms with E-state index in [1.54, 1.807) is 0 Å². The van der Waals surface area contributed by atoms with Crippen LogP contribution in [0.25, 0.3) is 0 Å². The van der Waals surface area contributed by atoms with Crippen molar-refractivity contribution >= 4 is 17.4 Å². The average Bonchev–Trinajstić information content (AvgIpc) is 0. The van der Waals surface area contributed by atoms with Gasteiger partial charge in [0.2, 0.25) is 0 Å². The molecule has 0 aromatic heterocycles. The Hall–Kier alpha value is 0.212. The normalized spacial score (nSPS) is 0. The van der Waals surface area contributed by atoms with Crippen molar-refractivity contribution in [1.82, 2.24) is 0 Å². The van der Waals surface area contributed by atoms with Crippen LogP contribution in [0.3, 0.4) is 0 Å². The molecule has 0 aromatic rings. The first kappa shape index (κ1) is 13800. The Morgan fingerprint density at radius 3 is 0.222 bits per heavy atom. The summed E-state index contributed by atoms with van der Waals surface area (Å²) in [4.78, 5) is 0. The van der Waals surface area contributed by atoms with Gasteiger partial charge in [-0.05, 0) is 0 Å². The summed E-state index contributed by atoms with van der Waals surface area (Å²) >= 11 is 0. The fraction of sp³-hybridized carbons (Fsp3) is 0. The molecule has 0 fully saturated rings. The molecule has 0 rings (SSSR count). The lowest BCUT2D eigenvalue weighted by Crippen LogP contribution is -0.381. The van der Waals surface area contributed by atoms with E-state index >= 15 is 0 Å². The van der Waals surface area contributed by atoms with Crippen LogP contribution < -0.4 is 0 Å². The Morgan fingerprint density at radius 1 is 0.222 bits per heavy atom. The monoisotopic (exact) mass is 174 g/mol. The maximum absolute atomic E-state index is 0. The second-order valence-electron chi connectivity index (χ2n) is 0. The van der Waals surface area contributed by atoms with Gasteiger partial charge in [-0.15, -0.1) is 0 Å². The maximum atomic E-state index is 0. The zero-order valence-corrected chi connectivity index (χ0v) is 4.00. The molecular formula is H19AlO8. The van der Waals surface area contributed by atoms with Crippen LogP contribution in [0.5, 0.6) is 0 Å². The average molecular weight is 174 g/mol. The van der Waals surface area contributed by atoms with Gasteiger partial charge in [-0.25, -0.2) is 0 Å². The third-order valence-electron chi connectivity index (χ3n) is 0. The molecule has 0 aromatic carbocycles. The van der Waals surface area contributed by atoms with Crippen LogP contribution in [0.4, 0.5) is 0 Å². The smallest absolute Gasteiger partial charge is 0.187 e. The Bertz CT molecular complexity index is 4.53. The summed E-state index contributed by atoms with van der Waals surface area (Å²) < 4.78 is 0. The Labute approximate surface area is 62.1 Å². The summed E-state index contributed by atoms with van der Waals surface area (Å²) in [6.45, 7) is 0. The number of hydrogen-bond acceptors (Lipinski definition) is 0. The molecule has 0 amide bonds. The lowest BCUT2D eigenvalue weighted by Gasteiger charge is -0.413. The van der Waals surface area contributed by atoms with Crippen molar-refractivity contribution in [3.05, 3.63) is 0 Å². The van der Waals surface area contributed by atoms with Gasteiger partial charge in [0.25, 0.3) is 0 Å². The van der Waals surface area contributed by atoms with Crippen molar-refractivity contribution in [3.63, 3.8) is 0 Å². The van der Waals surface area contributed by atoms with Gasteiger partial charge in [0.1, 0.15) is 0 Å². The second-order valence-corrected chi connectivity index (χ2v) is 0. The van der Waals surface area contributed by atoms with Gasteiger partial charge in [0.05, 0.1) is 0 Å². The van der Waals surface area contributed by atoms with Gasteiger partial charge < -0.3 is 43.8 Å². The molecule has 0 atom stereocenters. The van der Waals surface area contributed by atoms with Crippen molar-refractivity contribution in [2.75, 3.05) is 0 Å². The largest absolute Gasteiger partial charge is 0.412 e. The Kier molecular flexibility index (Phi) is 14500000. The molecule has 0 aliphatic rings. The van der Waals surface area contributed by atoms with E-state index < -0.39 is 0 Å².